The number of nitrogens with zero attached hydrogens (tertiary/aromatic N) is 2. The van der Waals surface area contributed by atoms with Crippen LogP contribution in [0, 0.1) is 16.0 Å². The SMILES string of the molecule is C[C@@H](OCC1CC1)C(=O)Nc1cc(-c2cccc([N+](=O)[O-])c2)[nH]n1. The van der Waals surface area contributed by atoms with E-state index in [1.807, 2.05) is 0 Å². The summed E-state index contributed by atoms with van der Waals surface area (Å²) in [4.78, 5) is 22.4. The van der Waals surface area contributed by atoms with Crippen molar-refractivity contribution in [3.63, 3.8) is 0 Å². The van der Waals surface area contributed by atoms with E-state index in [4.69, 9.17) is 4.74 Å². The van der Waals surface area contributed by atoms with Gasteiger partial charge in [0.15, 0.2) is 5.82 Å². The molecule has 1 aromatic heterocycles. The number of anilines is 1. The largest absolute Gasteiger partial charge is 0.368 e. The molecule has 24 heavy (non-hydrogen) atoms. The average Bonchev–Trinajstić information content (AvgIpc) is 3.30. The zero-order valence-electron chi connectivity index (χ0n) is 13.2. The van der Waals surface area contributed by atoms with Crippen molar-refractivity contribution >= 4 is 17.4 Å². The molecular formula is C16H18N4O4. The summed E-state index contributed by atoms with van der Waals surface area (Å²) in [6.07, 6.45) is 1.78. The van der Waals surface area contributed by atoms with E-state index in [-0.39, 0.29) is 11.6 Å². The monoisotopic (exact) mass is 330 g/mol. The second kappa shape index (κ2) is 6.79. The number of hydrogen-bond acceptors (Lipinski definition) is 5. The molecule has 1 aliphatic rings. The highest BCUT2D eigenvalue weighted by Gasteiger charge is 2.24. The lowest BCUT2D eigenvalue weighted by atomic mass is 10.1. The van der Waals surface area contributed by atoms with Gasteiger partial charge in [0.2, 0.25) is 0 Å². The van der Waals surface area contributed by atoms with Crippen LogP contribution in [-0.4, -0.2) is 33.7 Å². The molecule has 0 saturated heterocycles. The molecule has 2 N–H and O–H groups in total. The molecule has 0 radical (unpaired) electrons. The number of H-pyrrole nitrogens is 1. The Bertz CT molecular complexity index is 754. The molecule has 1 saturated carbocycles. The van der Waals surface area contributed by atoms with Crippen LogP contribution in [0.5, 0.6) is 0 Å². The van der Waals surface area contributed by atoms with Crippen molar-refractivity contribution in [1.82, 2.24) is 10.2 Å². The van der Waals surface area contributed by atoms with Crippen LogP contribution >= 0.6 is 0 Å². The first-order chi connectivity index (χ1) is 11.5. The molecule has 1 fully saturated rings. The normalized spacial score (nSPS) is 15.0. The molecule has 1 amide bonds. The molecule has 8 heteroatoms. The predicted molar refractivity (Wildman–Crippen MR) is 87.4 cm³/mol. The molecule has 0 bridgehead atoms. The van der Waals surface area contributed by atoms with Crippen LogP contribution in [0.4, 0.5) is 11.5 Å². The maximum Gasteiger partial charge on any atom is 0.270 e. The number of ether oxygens (including phenoxy) is 1. The van der Waals surface area contributed by atoms with E-state index in [0.29, 0.717) is 29.6 Å². The summed E-state index contributed by atoms with van der Waals surface area (Å²) < 4.78 is 5.51. The summed E-state index contributed by atoms with van der Waals surface area (Å²) >= 11 is 0. The maximum atomic E-state index is 12.1. The van der Waals surface area contributed by atoms with Crippen molar-refractivity contribution in [3.8, 4) is 11.3 Å². The van der Waals surface area contributed by atoms with E-state index in [9.17, 15) is 14.9 Å². The number of nitro benzene ring substituents is 1. The molecule has 0 unspecified atom stereocenters. The topological polar surface area (TPSA) is 110 Å². The van der Waals surface area contributed by atoms with Crippen molar-refractivity contribution in [2.75, 3.05) is 11.9 Å². The summed E-state index contributed by atoms with van der Waals surface area (Å²) in [5.41, 5.74) is 1.20. The summed E-state index contributed by atoms with van der Waals surface area (Å²) in [6, 6.07) is 7.82. The van der Waals surface area contributed by atoms with Gasteiger partial charge in [-0.2, -0.15) is 5.10 Å². The molecule has 2 aromatic rings. The fourth-order valence-corrected chi connectivity index (χ4v) is 2.19. The highest BCUT2D eigenvalue weighted by molar-refractivity contribution is 5.93. The number of non-ortho nitro benzene ring substituents is 1. The van der Waals surface area contributed by atoms with Crippen LogP contribution in [0.1, 0.15) is 19.8 Å². The molecule has 0 aliphatic heterocycles. The standard InChI is InChI=1S/C16H18N4O4/c1-10(24-9-11-5-6-11)16(21)17-15-8-14(18-19-15)12-3-2-4-13(7-12)20(22)23/h2-4,7-8,10-11H,5-6,9H2,1H3,(H2,17,18,19,21)/t10-/m1/s1. The molecular weight excluding hydrogens is 312 g/mol. The zero-order valence-corrected chi connectivity index (χ0v) is 13.2. The van der Waals surface area contributed by atoms with Crippen molar-refractivity contribution < 1.29 is 14.5 Å². The van der Waals surface area contributed by atoms with Crippen molar-refractivity contribution in [3.05, 3.63) is 40.4 Å². The van der Waals surface area contributed by atoms with Gasteiger partial charge >= 0.3 is 0 Å². The van der Waals surface area contributed by atoms with Crippen LogP contribution in [-0.2, 0) is 9.53 Å². The average molecular weight is 330 g/mol. The third-order valence-corrected chi connectivity index (χ3v) is 3.85. The molecule has 3 rings (SSSR count). The summed E-state index contributed by atoms with van der Waals surface area (Å²) in [5, 5.41) is 20.3. The van der Waals surface area contributed by atoms with Gasteiger partial charge in [-0.3, -0.25) is 20.0 Å². The fourth-order valence-electron chi connectivity index (χ4n) is 2.19. The lowest BCUT2D eigenvalue weighted by Gasteiger charge is -2.11. The number of nitrogens with one attached hydrogen (secondary N) is 2. The third-order valence-electron chi connectivity index (χ3n) is 3.85. The van der Waals surface area contributed by atoms with E-state index in [1.54, 1.807) is 25.1 Å². The van der Waals surface area contributed by atoms with Crippen LogP contribution < -0.4 is 5.32 Å². The maximum absolute atomic E-state index is 12.1. The summed E-state index contributed by atoms with van der Waals surface area (Å²) in [7, 11) is 0. The Balaban J connectivity index is 1.63. The van der Waals surface area contributed by atoms with E-state index in [1.165, 1.54) is 25.0 Å². The minimum absolute atomic E-state index is 0.00483. The molecule has 0 spiro atoms. The lowest BCUT2D eigenvalue weighted by molar-refractivity contribution is -0.384. The van der Waals surface area contributed by atoms with E-state index < -0.39 is 11.0 Å². The van der Waals surface area contributed by atoms with E-state index >= 15 is 0 Å². The van der Waals surface area contributed by atoms with E-state index in [0.717, 1.165) is 0 Å². The quantitative estimate of drug-likeness (QED) is 0.599. The number of amides is 1. The number of aromatic nitrogens is 2. The Morgan fingerprint density at radius 2 is 2.29 bits per heavy atom. The number of carbonyl (C=O) groups excluding carboxylic acids is 1. The molecule has 126 valence electrons. The first-order valence-corrected chi connectivity index (χ1v) is 7.75. The van der Waals surface area contributed by atoms with Crippen molar-refractivity contribution in [2.45, 2.75) is 25.9 Å². The highest BCUT2D eigenvalue weighted by atomic mass is 16.6. The number of carbonyl (C=O) groups is 1. The second-order valence-electron chi connectivity index (χ2n) is 5.88. The third kappa shape index (κ3) is 3.96. The lowest BCUT2D eigenvalue weighted by Crippen LogP contribution is -2.28. The van der Waals surface area contributed by atoms with Crippen LogP contribution in [0.15, 0.2) is 30.3 Å². The Labute approximate surface area is 138 Å². The number of aromatic amines is 1. The minimum atomic E-state index is -0.552. The Kier molecular flexibility index (Phi) is 4.57. The number of hydrogen-bond donors (Lipinski definition) is 2. The summed E-state index contributed by atoms with van der Waals surface area (Å²) in [6.45, 7) is 2.31. The van der Waals surface area contributed by atoms with Gasteiger partial charge in [-0.05, 0) is 25.7 Å². The highest BCUT2D eigenvalue weighted by Crippen LogP contribution is 2.29. The molecule has 8 nitrogen and oxygen atoms in total. The van der Waals surface area contributed by atoms with E-state index in [2.05, 4.69) is 15.5 Å². The predicted octanol–water partition coefficient (Wildman–Crippen LogP) is 2.74. The second-order valence-corrected chi connectivity index (χ2v) is 5.88. The minimum Gasteiger partial charge on any atom is -0.368 e. The molecule has 1 heterocycles. The van der Waals surface area contributed by atoms with Crippen LogP contribution in [0.3, 0.4) is 0 Å². The summed E-state index contributed by atoms with van der Waals surface area (Å²) in [5.74, 6) is 0.669. The smallest absolute Gasteiger partial charge is 0.270 e. The fraction of sp³-hybridized carbons (Fsp3) is 0.375. The van der Waals surface area contributed by atoms with Crippen molar-refractivity contribution in [2.24, 2.45) is 5.92 Å². The van der Waals surface area contributed by atoms with Crippen LogP contribution in [0.2, 0.25) is 0 Å². The van der Waals surface area contributed by atoms with Crippen LogP contribution in [0.25, 0.3) is 11.3 Å². The Hall–Kier alpha value is -2.74. The molecule has 1 aliphatic carbocycles. The number of rotatable bonds is 7. The van der Waals surface area contributed by atoms with Gasteiger partial charge in [0.05, 0.1) is 17.2 Å². The van der Waals surface area contributed by atoms with Gasteiger partial charge in [-0.25, -0.2) is 0 Å². The van der Waals surface area contributed by atoms with Gasteiger partial charge in [-0.15, -0.1) is 0 Å². The molecule has 1 atom stereocenters. The number of nitro groups is 1. The van der Waals surface area contributed by atoms with Gasteiger partial charge in [0, 0.05) is 23.8 Å². The molecule has 1 aromatic carbocycles. The first kappa shape index (κ1) is 16.1. The van der Waals surface area contributed by atoms with Crippen molar-refractivity contribution in [1.29, 1.82) is 0 Å². The Morgan fingerprint density at radius 3 is 3.00 bits per heavy atom. The van der Waals surface area contributed by atoms with Gasteiger partial charge < -0.3 is 10.1 Å². The number of benzene rings is 1. The van der Waals surface area contributed by atoms with Gasteiger partial charge in [0.25, 0.3) is 11.6 Å². The first-order valence-electron chi connectivity index (χ1n) is 7.75. The Morgan fingerprint density at radius 1 is 1.50 bits per heavy atom. The van der Waals surface area contributed by atoms with Gasteiger partial charge in [0.1, 0.15) is 6.10 Å². The zero-order chi connectivity index (χ0) is 17.1. The van der Waals surface area contributed by atoms with Gasteiger partial charge in [-0.1, -0.05) is 12.1 Å².